The smallest absolute Gasteiger partial charge is 0.362 e. The maximum Gasteiger partial charge on any atom is 0.419 e. The van der Waals surface area contributed by atoms with Crippen LogP contribution in [0.1, 0.15) is 11.4 Å². The molecule has 0 bridgehead atoms. The van der Waals surface area contributed by atoms with E-state index in [2.05, 4.69) is 36.3 Å². The Morgan fingerprint density at radius 3 is 2.68 bits per heavy atom. The molecule has 2 rings (SSSR count). The van der Waals surface area contributed by atoms with Crippen molar-refractivity contribution in [3.05, 3.63) is 34.5 Å². The van der Waals surface area contributed by atoms with Gasteiger partial charge in [-0.15, -0.1) is 0 Å². The third kappa shape index (κ3) is 3.43. The van der Waals surface area contributed by atoms with E-state index in [9.17, 15) is 13.2 Å². The first kappa shape index (κ1) is 13.8. The van der Waals surface area contributed by atoms with Gasteiger partial charge in [-0.1, -0.05) is 0 Å². The molecular formula is C10H9BrF3N5. The second-order valence-corrected chi connectivity index (χ2v) is 4.65. The molecule has 9 heteroatoms. The molecule has 5 nitrogen and oxygen atoms in total. The minimum Gasteiger partial charge on any atom is -0.362 e. The quantitative estimate of drug-likeness (QED) is 0.936. The zero-order valence-electron chi connectivity index (χ0n) is 9.74. The highest BCUT2D eigenvalue weighted by atomic mass is 79.9. The highest BCUT2D eigenvalue weighted by molar-refractivity contribution is 9.10. The lowest BCUT2D eigenvalue weighted by molar-refractivity contribution is -0.137. The Kier molecular flexibility index (Phi) is 3.74. The van der Waals surface area contributed by atoms with Gasteiger partial charge in [0, 0.05) is 17.7 Å². The van der Waals surface area contributed by atoms with Crippen LogP contribution in [0.15, 0.2) is 23.1 Å². The Bertz CT molecular complexity index is 581. The molecule has 0 unspecified atom stereocenters. The maximum atomic E-state index is 12.8. The summed E-state index contributed by atoms with van der Waals surface area (Å²) in [4.78, 5) is 7.64. The third-order valence-electron chi connectivity index (χ3n) is 2.22. The first-order valence-corrected chi connectivity index (χ1v) is 5.96. The van der Waals surface area contributed by atoms with E-state index in [1.54, 1.807) is 7.05 Å². The number of alkyl halides is 3. The Balaban J connectivity index is 2.20. The van der Waals surface area contributed by atoms with Gasteiger partial charge in [-0.2, -0.15) is 18.3 Å². The number of halogens is 4. The average Bonchev–Trinajstić information content (AvgIpc) is 2.72. The van der Waals surface area contributed by atoms with Crippen molar-refractivity contribution >= 4 is 21.7 Å². The molecule has 0 aliphatic carbocycles. The predicted molar refractivity (Wildman–Crippen MR) is 65.3 cm³/mol. The highest BCUT2D eigenvalue weighted by Gasteiger charge is 2.34. The van der Waals surface area contributed by atoms with Crippen molar-refractivity contribution in [3.63, 3.8) is 0 Å². The van der Waals surface area contributed by atoms with E-state index in [-0.39, 0.29) is 16.8 Å². The molecule has 0 atom stereocenters. The fraction of sp³-hybridized carbons (Fsp3) is 0.300. The summed E-state index contributed by atoms with van der Waals surface area (Å²) in [5.74, 6) is 0.142. The molecule has 2 aromatic rings. The maximum absolute atomic E-state index is 12.8. The number of aromatic nitrogens is 4. The molecule has 0 saturated heterocycles. The van der Waals surface area contributed by atoms with Crippen molar-refractivity contribution in [2.24, 2.45) is 7.05 Å². The van der Waals surface area contributed by atoms with Crippen molar-refractivity contribution in [2.45, 2.75) is 12.7 Å². The number of anilines is 1. The molecule has 2 aromatic heterocycles. The van der Waals surface area contributed by atoms with Crippen LogP contribution >= 0.6 is 15.9 Å². The second kappa shape index (κ2) is 5.16. The van der Waals surface area contributed by atoms with Crippen LogP contribution in [-0.4, -0.2) is 19.7 Å². The predicted octanol–water partition coefficient (Wildman–Crippen LogP) is 2.60. The summed E-state index contributed by atoms with van der Waals surface area (Å²) in [5.41, 5.74) is -0.835. The van der Waals surface area contributed by atoms with Crippen LogP contribution in [0.3, 0.4) is 0 Å². The number of aryl methyl sites for hydroxylation is 1. The lowest BCUT2D eigenvalue weighted by Gasteiger charge is -2.12. The van der Waals surface area contributed by atoms with Gasteiger partial charge in [0.25, 0.3) is 0 Å². The summed E-state index contributed by atoms with van der Waals surface area (Å²) in [6.45, 7) is 0.0680. The zero-order valence-corrected chi connectivity index (χ0v) is 11.3. The van der Waals surface area contributed by atoms with Crippen LogP contribution in [0, 0.1) is 0 Å². The molecule has 0 amide bonds. The van der Waals surface area contributed by atoms with Crippen LogP contribution in [0.4, 0.5) is 19.0 Å². The summed E-state index contributed by atoms with van der Waals surface area (Å²) >= 11 is 2.97. The number of hydrogen-bond donors (Lipinski definition) is 1. The summed E-state index contributed by atoms with van der Waals surface area (Å²) in [7, 11) is 1.68. The topological polar surface area (TPSA) is 55.6 Å². The lowest BCUT2D eigenvalue weighted by atomic mass is 10.2. The van der Waals surface area contributed by atoms with Gasteiger partial charge in [-0.25, -0.2) is 9.97 Å². The second-order valence-electron chi connectivity index (χ2n) is 3.74. The summed E-state index contributed by atoms with van der Waals surface area (Å²) < 4.78 is 40.2. The summed E-state index contributed by atoms with van der Waals surface area (Å²) in [6.07, 6.45) is -1.71. The lowest BCUT2D eigenvalue weighted by Crippen LogP contribution is -2.13. The van der Waals surface area contributed by atoms with Gasteiger partial charge in [-0.3, -0.25) is 4.68 Å². The van der Waals surface area contributed by atoms with E-state index < -0.39 is 11.7 Å². The largest absolute Gasteiger partial charge is 0.419 e. The molecule has 19 heavy (non-hydrogen) atoms. The average molecular weight is 336 g/mol. The van der Waals surface area contributed by atoms with Crippen LogP contribution in [0.25, 0.3) is 0 Å². The first-order valence-electron chi connectivity index (χ1n) is 5.17. The Morgan fingerprint density at radius 2 is 2.11 bits per heavy atom. The van der Waals surface area contributed by atoms with Crippen LogP contribution in [-0.2, 0) is 19.8 Å². The van der Waals surface area contributed by atoms with Crippen molar-refractivity contribution in [2.75, 3.05) is 5.32 Å². The van der Waals surface area contributed by atoms with E-state index in [4.69, 9.17) is 0 Å². The van der Waals surface area contributed by atoms with Crippen molar-refractivity contribution in [1.82, 2.24) is 19.7 Å². The Hall–Kier alpha value is -1.64. The minimum absolute atomic E-state index is 0.0680. The monoisotopic (exact) mass is 335 g/mol. The minimum atomic E-state index is -4.48. The molecule has 0 aliphatic heterocycles. The van der Waals surface area contributed by atoms with Gasteiger partial charge in [0.15, 0.2) is 5.82 Å². The van der Waals surface area contributed by atoms with Gasteiger partial charge < -0.3 is 5.32 Å². The Morgan fingerprint density at radius 1 is 1.37 bits per heavy atom. The molecule has 0 aliphatic rings. The molecule has 2 heterocycles. The van der Waals surface area contributed by atoms with E-state index in [1.165, 1.54) is 17.2 Å². The molecule has 0 spiro atoms. The molecule has 1 N–H and O–H groups in total. The highest BCUT2D eigenvalue weighted by Crippen LogP contribution is 2.35. The SMILES string of the molecule is Cn1cnc(CNc2ncc(Br)cc2C(F)(F)F)n1. The normalized spacial score (nSPS) is 11.6. The van der Waals surface area contributed by atoms with Crippen molar-refractivity contribution < 1.29 is 13.2 Å². The fourth-order valence-electron chi connectivity index (χ4n) is 1.42. The van der Waals surface area contributed by atoms with Gasteiger partial charge in [0.05, 0.1) is 12.1 Å². The molecule has 0 fully saturated rings. The molecule has 0 saturated carbocycles. The van der Waals surface area contributed by atoms with Gasteiger partial charge >= 0.3 is 6.18 Å². The van der Waals surface area contributed by atoms with Crippen LogP contribution < -0.4 is 5.32 Å². The summed E-state index contributed by atoms with van der Waals surface area (Å²) in [6, 6.07) is 0.973. The number of pyridine rings is 1. The summed E-state index contributed by atoms with van der Waals surface area (Å²) in [5, 5.41) is 6.55. The standard InChI is InChI=1S/C10H9BrF3N5/c1-19-5-17-8(18-19)4-16-9-7(10(12,13)14)2-6(11)3-15-9/h2-3,5H,4H2,1H3,(H,15,16). The zero-order chi connectivity index (χ0) is 14.0. The molecule has 0 aromatic carbocycles. The van der Waals surface area contributed by atoms with Gasteiger partial charge in [-0.05, 0) is 22.0 Å². The first-order chi connectivity index (χ1) is 8.86. The van der Waals surface area contributed by atoms with E-state index in [1.807, 2.05) is 0 Å². The van der Waals surface area contributed by atoms with E-state index in [0.717, 1.165) is 6.07 Å². The van der Waals surface area contributed by atoms with Crippen molar-refractivity contribution in [3.8, 4) is 0 Å². The van der Waals surface area contributed by atoms with Gasteiger partial charge in [0.1, 0.15) is 12.1 Å². The molecule has 0 radical (unpaired) electrons. The van der Waals surface area contributed by atoms with E-state index in [0.29, 0.717) is 5.82 Å². The van der Waals surface area contributed by atoms with E-state index >= 15 is 0 Å². The Labute approximate surface area is 115 Å². The fourth-order valence-corrected chi connectivity index (χ4v) is 1.76. The van der Waals surface area contributed by atoms with Crippen LogP contribution in [0.2, 0.25) is 0 Å². The van der Waals surface area contributed by atoms with Gasteiger partial charge in [0.2, 0.25) is 0 Å². The third-order valence-corrected chi connectivity index (χ3v) is 2.65. The number of nitrogens with one attached hydrogen (secondary N) is 1. The number of nitrogens with zero attached hydrogens (tertiary/aromatic N) is 4. The number of hydrogen-bond acceptors (Lipinski definition) is 4. The van der Waals surface area contributed by atoms with Crippen LogP contribution in [0.5, 0.6) is 0 Å². The number of rotatable bonds is 3. The van der Waals surface area contributed by atoms with Crippen molar-refractivity contribution in [1.29, 1.82) is 0 Å². The molecule has 102 valence electrons. The molecular weight excluding hydrogens is 327 g/mol.